The monoisotopic (exact) mass is 306 g/mol. The van der Waals surface area contributed by atoms with Crippen molar-refractivity contribution in [3.05, 3.63) is 67.4 Å². The van der Waals surface area contributed by atoms with Gasteiger partial charge in [-0.2, -0.15) is 0 Å². The zero-order valence-corrected chi connectivity index (χ0v) is 13.1. The van der Waals surface area contributed by atoms with Crippen LogP contribution < -0.4 is 11.2 Å². The number of hydrogen-bond acceptors (Lipinski definition) is 2. The molecular formula is C16H19ClN2O2. The Morgan fingerprint density at radius 3 is 2.33 bits per heavy atom. The average Bonchev–Trinajstić information content (AvgIpc) is 2.38. The maximum atomic E-state index is 12.5. The third-order valence-electron chi connectivity index (χ3n) is 3.51. The molecule has 2 aromatic rings. The van der Waals surface area contributed by atoms with Gasteiger partial charge in [-0.05, 0) is 24.8 Å². The number of hydrogen-bond donors (Lipinski definition) is 1. The predicted molar refractivity (Wildman–Crippen MR) is 85.3 cm³/mol. The van der Waals surface area contributed by atoms with Gasteiger partial charge in [0.15, 0.2) is 0 Å². The largest absolute Gasteiger partial charge is 0.329 e. The zero-order valence-electron chi connectivity index (χ0n) is 12.4. The van der Waals surface area contributed by atoms with Crippen molar-refractivity contribution in [3.8, 4) is 0 Å². The Morgan fingerprint density at radius 2 is 1.76 bits per heavy atom. The molecule has 5 heteroatoms. The summed E-state index contributed by atoms with van der Waals surface area (Å²) >= 11 is 6.00. The summed E-state index contributed by atoms with van der Waals surface area (Å²) in [6.45, 7) is 5.63. The highest BCUT2D eigenvalue weighted by atomic mass is 35.5. The molecule has 2 rings (SSSR count). The summed E-state index contributed by atoms with van der Waals surface area (Å²) in [7, 11) is 0. The highest BCUT2D eigenvalue weighted by Crippen LogP contribution is 2.18. The zero-order chi connectivity index (χ0) is 15.6. The fourth-order valence-corrected chi connectivity index (χ4v) is 2.86. The van der Waals surface area contributed by atoms with E-state index >= 15 is 0 Å². The Hall–Kier alpha value is -1.81. The van der Waals surface area contributed by atoms with Gasteiger partial charge in [-0.15, -0.1) is 0 Å². The maximum absolute atomic E-state index is 12.5. The number of rotatable bonds is 4. The molecule has 21 heavy (non-hydrogen) atoms. The summed E-state index contributed by atoms with van der Waals surface area (Å²) in [5.41, 5.74) is 0.772. The van der Waals surface area contributed by atoms with Gasteiger partial charge < -0.3 is 0 Å². The molecule has 0 aliphatic heterocycles. The number of H-pyrrole nitrogens is 1. The number of aromatic amines is 1. The normalized spacial score (nSPS) is 12.6. The van der Waals surface area contributed by atoms with Crippen LogP contribution in [-0.2, 0) is 6.42 Å². The molecule has 0 amide bonds. The number of halogens is 1. The van der Waals surface area contributed by atoms with Gasteiger partial charge in [0.25, 0.3) is 5.56 Å². The molecule has 0 fully saturated rings. The van der Waals surface area contributed by atoms with Gasteiger partial charge in [0.05, 0.1) is 5.56 Å². The molecule has 1 heterocycles. The molecule has 112 valence electrons. The topological polar surface area (TPSA) is 54.9 Å². The summed E-state index contributed by atoms with van der Waals surface area (Å²) in [6, 6.07) is 9.54. The third-order valence-corrected chi connectivity index (χ3v) is 3.81. The molecule has 1 aromatic heterocycles. The number of benzene rings is 1. The first-order chi connectivity index (χ1) is 9.91. The second-order valence-corrected chi connectivity index (χ2v) is 5.90. The van der Waals surface area contributed by atoms with Crippen molar-refractivity contribution in [3.63, 3.8) is 0 Å². The second kappa shape index (κ2) is 6.31. The van der Waals surface area contributed by atoms with Gasteiger partial charge in [0, 0.05) is 6.04 Å². The standard InChI is InChI=1S/C16H19ClN2O2/c1-10(2)13-14(17)18-16(21)19(15(13)20)11(3)9-12-7-5-4-6-8-12/h4-8,10-11H,9H2,1-3H3,(H,18,21). The van der Waals surface area contributed by atoms with Crippen LogP contribution in [0.15, 0.2) is 39.9 Å². The van der Waals surface area contributed by atoms with E-state index in [2.05, 4.69) is 4.98 Å². The molecular weight excluding hydrogens is 288 g/mol. The molecule has 0 spiro atoms. The van der Waals surface area contributed by atoms with E-state index in [1.165, 1.54) is 4.57 Å². The minimum Gasteiger partial charge on any atom is -0.297 e. The van der Waals surface area contributed by atoms with Crippen molar-refractivity contribution in [2.75, 3.05) is 0 Å². The molecule has 1 aromatic carbocycles. The van der Waals surface area contributed by atoms with Gasteiger partial charge in [-0.3, -0.25) is 14.3 Å². The number of nitrogens with zero attached hydrogens (tertiary/aromatic N) is 1. The Labute approximate surface area is 128 Å². The molecule has 0 saturated heterocycles. The summed E-state index contributed by atoms with van der Waals surface area (Å²) in [4.78, 5) is 27.2. The molecule has 0 aliphatic carbocycles. The van der Waals surface area contributed by atoms with Gasteiger partial charge >= 0.3 is 5.69 Å². The minimum atomic E-state index is -0.460. The second-order valence-electron chi connectivity index (χ2n) is 5.53. The van der Waals surface area contributed by atoms with Crippen LogP contribution in [0, 0.1) is 0 Å². The maximum Gasteiger partial charge on any atom is 0.329 e. The van der Waals surface area contributed by atoms with E-state index in [1.807, 2.05) is 51.1 Å². The van der Waals surface area contributed by atoms with E-state index in [1.54, 1.807) is 0 Å². The fourth-order valence-electron chi connectivity index (χ4n) is 2.48. The summed E-state index contributed by atoms with van der Waals surface area (Å²) < 4.78 is 1.26. The number of aromatic nitrogens is 2. The molecule has 0 aliphatic rings. The highest BCUT2D eigenvalue weighted by molar-refractivity contribution is 6.30. The SMILES string of the molecule is CC(C)c1c(Cl)[nH]c(=O)n(C(C)Cc2ccccc2)c1=O. The van der Waals surface area contributed by atoms with Crippen LogP contribution in [0.3, 0.4) is 0 Å². The van der Waals surface area contributed by atoms with Crippen molar-refractivity contribution in [2.45, 2.75) is 39.2 Å². The first-order valence-corrected chi connectivity index (χ1v) is 7.37. The lowest BCUT2D eigenvalue weighted by atomic mass is 10.1. The van der Waals surface area contributed by atoms with Crippen LogP contribution in [0.4, 0.5) is 0 Å². The smallest absolute Gasteiger partial charge is 0.297 e. The van der Waals surface area contributed by atoms with Crippen molar-refractivity contribution in [2.24, 2.45) is 0 Å². The van der Waals surface area contributed by atoms with Gasteiger partial charge in [0.1, 0.15) is 5.15 Å². The van der Waals surface area contributed by atoms with E-state index in [9.17, 15) is 9.59 Å². The summed E-state index contributed by atoms with van der Waals surface area (Å²) in [5.74, 6) is -0.0444. The lowest BCUT2D eigenvalue weighted by molar-refractivity contribution is 0.494. The molecule has 4 nitrogen and oxygen atoms in total. The van der Waals surface area contributed by atoms with Crippen molar-refractivity contribution < 1.29 is 0 Å². The van der Waals surface area contributed by atoms with Crippen LogP contribution in [0.5, 0.6) is 0 Å². The lowest BCUT2D eigenvalue weighted by Crippen LogP contribution is -2.40. The van der Waals surface area contributed by atoms with E-state index in [0.717, 1.165) is 5.56 Å². The van der Waals surface area contributed by atoms with E-state index < -0.39 is 5.69 Å². The Kier molecular flexibility index (Phi) is 4.68. The highest BCUT2D eigenvalue weighted by Gasteiger charge is 2.19. The van der Waals surface area contributed by atoms with Gasteiger partial charge in [-0.1, -0.05) is 55.8 Å². The van der Waals surface area contributed by atoms with Crippen LogP contribution in [0.1, 0.15) is 43.9 Å². The van der Waals surface area contributed by atoms with Gasteiger partial charge in [0.2, 0.25) is 0 Å². The predicted octanol–water partition coefficient (Wildman–Crippen LogP) is 3.12. The Balaban J connectivity index is 2.46. The van der Waals surface area contributed by atoms with E-state index in [-0.39, 0.29) is 22.7 Å². The third kappa shape index (κ3) is 3.27. The molecule has 0 radical (unpaired) electrons. The quantitative estimate of drug-likeness (QED) is 0.882. The van der Waals surface area contributed by atoms with Crippen LogP contribution in [0.2, 0.25) is 5.15 Å². The molecule has 1 unspecified atom stereocenters. The molecule has 1 atom stereocenters. The van der Waals surface area contributed by atoms with Crippen LogP contribution in [0.25, 0.3) is 0 Å². The van der Waals surface area contributed by atoms with Gasteiger partial charge in [-0.25, -0.2) is 4.79 Å². The van der Waals surface area contributed by atoms with Crippen LogP contribution >= 0.6 is 11.6 Å². The van der Waals surface area contributed by atoms with Crippen molar-refractivity contribution in [1.82, 2.24) is 9.55 Å². The first kappa shape index (κ1) is 15.6. The lowest BCUT2D eigenvalue weighted by Gasteiger charge is -2.17. The fraction of sp³-hybridized carbons (Fsp3) is 0.375. The molecule has 0 bridgehead atoms. The Bertz CT molecular complexity index is 732. The Morgan fingerprint density at radius 1 is 1.14 bits per heavy atom. The molecule has 1 N–H and O–H groups in total. The van der Waals surface area contributed by atoms with E-state index in [4.69, 9.17) is 11.6 Å². The summed E-state index contributed by atoms with van der Waals surface area (Å²) in [5, 5.41) is 0.142. The van der Waals surface area contributed by atoms with Crippen molar-refractivity contribution >= 4 is 11.6 Å². The average molecular weight is 307 g/mol. The summed E-state index contributed by atoms with van der Waals surface area (Å²) in [6.07, 6.45) is 0.614. The number of nitrogens with one attached hydrogen (secondary N) is 1. The molecule has 0 saturated carbocycles. The minimum absolute atomic E-state index is 0.0444. The van der Waals surface area contributed by atoms with Crippen molar-refractivity contribution in [1.29, 1.82) is 0 Å². The first-order valence-electron chi connectivity index (χ1n) is 7.00. The van der Waals surface area contributed by atoms with E-state index in [0.29, 0.717) is 12.0 Å². The van der Waals surface area contributed by atoms with Crippen LogP contribution in [-0.4, -0.2) is 9.55 Å².